The molecule has 1 aromatic carbocycles. The second-order valence-electron chi connectivity index (χ2n) is 5.58. The van der Waals surface area contributed by atoms with Gasteiger partial charge in [0.05, 0.1) is 0 Å². The van der Waals surface area contributed by atoms with Crippen LogP contribution in [0.2, 0.25) is 5.02 Å². The molecule has 1 aliphatic heterocycles. The molecule has 0 aliphatic carbocycles. The second kappa shape index (κ2) is 8.15. The van der Waals surface area contributed by atoms with Gasteiger partial charge in [0.2, 0.25) is 5.91 Å². The predicted molar refractivity (Wildman–Crippen MR) is 86.8 cm³/mol. The average Bonchev–Trinajstić information content (AvgIpc) is 2.52. The monoisotopic (exact) mass is 323 g/mol. The minimum atomic E-state index is -0.145. The van der Waals surface area contributed by atoms with E-state index in [9.17, 15) is 9.59 Å². The van der Waals surface area contributed by atoms with E-state index in [1.807, 2.05) is 4.90 Å². The van der Waals surface area contributed by atoms with Gasteiger partial charge in [-0.3, -0.25) is 9.59 Å². The highest BCUT2D eigenvalue weighted by molar-refractivity contribution is 6.30. The van der Waals surface area contributed by atoms with Crippen LogP contribution < -0.4 is 11.1 Å². The van der Waals surface area contributed by atoms with Crippen LogP contribution in [-0.2, 0) is 4.79 Å². The lowest BCUT2D eigenvalue weighted by Crippen LogP contribution is -2.43. The molecule has 1 saturated heterocycles. The number of rotatable bonds is 5. The molecule has 1 aromatic rings. The van der Waals surface area contributed by atoms with E-state index in [-0.39, 0.29) is 17.9 Å². The van der Waals surface area contributed by atoms with E-state index in [0.717, 1.165) is 25.9 Å². The van der Waals surface area contributed by atoms with Crippen molar-refractivity contribution in [1.29, 1.82) is 0 Å². The fraction of sp³-hybridized carbons (Fsp3) is 0.500. The highest BCUT2D eigenvalue weighted by Crippen LogP contribution is 2.11. The van der Waals surface area contributed by atoms with Gasteiger partial charge in [-0.1, -0.05) is 11.6 Å². The van der Waals surface area contributed by atoms with Gasteiger partial charge >= 0.3 is 0 Å². The first-order chi connectivity index (χ1) is 10.6. The molecule has 0 aromatic heterocycles. The topological polar surface area (TPSA) is 75.4 Å². The first kappa shape index (κ1) is 16.8. The molecule has 2 amide bonds. The first-order valence-electron chi connectivity index (χ1n) is 7.63. The Bertz CT molecular complexity index is 511. The number of carbonyl (C=O) groups is 2. The van der Waals surface area contributed by atoms with Crippen molar-refractivity contribution in [1.82, 2.24) is 10.2 Å². The Balaban J connectivity index is 1.65. The highest BCUT2D eigenvalue weighted by Gasteiger charge is 2.19. The van der Waals surface area contributed by atoms with Crippen molar-refractivity contribution >= 4 is 23.4 Å². The molecule has 0 spiro atoms. The first-order valence-corrected chi connectivity index (χ1v) is 8.01. The maximum Gasteiger partial charge on any atom is 0.251 e. The summed E-state index contributed by atoms with van der Waals surface area (Å²) in [7, 11) is 0. The van der Waals surface area contributed by atoms with Gasteiger partial charge < -0.3 is 16.0 Å². The van der Waals surface area contributed by atoms with Crippen LogP contribution in [0, 0.1) is 0 Å². The van der Waals surface area contributed by atoms with E-state index in [1.165, 1.54) is 0 Å². The van der Waals surface area contributed by atoms with Gasteiger partial charge in [0.1, 0.15) is 0 Å². The lowest BCUT2D eigenvalue weighted by molar-refractivity contribution is -0.132. The number of amides is 2. The van der Waals surface area contributed by atoms with Gasteiger partial charge in [-0.05, 0) is 43.5 Å². The van der Waals surface area contributed by atoms with E-state index in [0.29, 0.717) is 30.0 Å². The number of hydrogen-bond donors (Lipinski definition) is 2. The average molecular weight is 324 g/mol. The Morgan fingerprint density at radius 1 is 1.23 bits per heavy atom. The molecule has 1 aliphatic rings. The van der Waals surface area contributed by atoms with Crippen LogP contribution in [0.4, 0.5) is 0 Å². The molecule has 0 saturated carbocycles. The molecule has 1 fully saturated rings. The molecule has 0 unspecified atom stereocenters. The summed E-state index contributed by atoms with van der Waals surface area (Å²) in [5.41, 5.74) is 6.39. The number of carbonyl (C=O) groups excluding carboxylic acids is 2. The zero-order valence-corrected chi connectivity index (χ0v) is 13.3. The smallest absolute Gasteiger partial charge is 0.251 e. The molecule has 0 atom stereocenters. The molecular formula is C16H22ClN3O2. The summed E-state index contributed by atoms with van der Waals surface area (Å²) in [6, 6.07) is 6.95. The summed E-state index contributed by atoms with van der Waals surface area (Å²) in [6.07, 6.45) is 2.84. The van der Waals surface area contributed by atoms with Crippen molar-refractivity contribution in [3.8, 4) is 0 Å². The van der Waals surface area contributed by atoms with E-state index in [2.05, 4.69) is 5.32 Å². The fourth-order valence-electron chi connectivity index (χ4n) is 2.45. The molecular weight excluding hydrogens is 302 g/mol. The lowest BCUT2D eigenvalue weighted by Gasteiger charge is -2.30. The Morgan fingerprint density at radius 2 is 1.86 bits per heavy atom. The number of piperidine rings is 1. The number of halogens is 1. The van der Waals surface area contributed by atoms with Crippen LogP contribution in [0.15, 0.2) is 24.3 Å². The van der Waals surface area contributed by atoms with Gasteiger partial charge in [0.25, 0.3) is 5.91 Å². The highest BCUT2D eigenvalue weighted by atomic mass is 35.5. The number of likely N-dealkylation sites (tertiary alicyclic amines) is 1. The molecule has 5 nitrogen and oxygen atoms in total. The standard InChI is InChI=1S/C16H22ClN3O2/c17-13-5-3-12(4-6-13)16(22)19-9-1-2-15(21)20-10-7-14(18)8-11-20/h3-6,14H,1-2,7-11,18H2,(H,19,22). The van der Waals surface area contributed by atoms with Crippen molar-refractivity contribution in [2.45, 2.75) is 31.7 Å². The van der Waals surface area contributed by atoms with Gasteiger partial charge in [-0.15, -0.1) is 0 Å². The Hall–Kier alpha value is -1.59. The molecule has 0 radical (unpaired) electrons. The second-order valence-corrected chi connectivity index (χ2v) is 6.02. The zero-order valence-electron chi connectivity index (χ0n) is 12.6. The summed E-state index contributed by atoms with van der Waals surface area (Å²) in [6.45, 7) is 1.98. The molecule has 120 valence electrons. The number of nitrogens with one attached hydrogen (secondary N) is 1. The van der Waals surface area contributed by atoms with Crippen molar-refractivity contribution in [3.05, 3.63) is 34.9 Å². The molecule has 0 bridgehead atoms. The molecule has 6 heteroatoms. The van der Waals surface area contributed by atoms with E-state index in [1.54, 1.807) is 24.3 Å². The van der Waals surface area contributed by atoms with Gasteiger partial charge in [0.15, 0.2) is 0 Å². The van der Waals surface area contributed by atoms with E-state index < -0.39 is 0 Å². The third kappa shape index (κ3) is 5.00. The summed E-state index contributed by atoms with van der Waals surface area (Å²) < 4.78 is 0. The van der Waals surface area contributed by atoms with Crippen LogP contribution in [0.3, 0.4) is 0 Å². The van der Waals surface area contributed by atoms with Gasteiger partial charge in [-0.2, -0.15) is 0 Å². The fourth-order valence-corrected chi connectivity index (χ4v) is 2.58. The van der Waals surface area contributed by atoms with Crippen molar-refractivity contribution in [3.63, 3.8) is 0 Å². The SMILES string of the molecule is NC1CCN(C(=O)CCCNC(=O)c2ccc(Cl)cc2)CC1. The van der Waals surface area contributed by atoms with Crippen molar-refractivity contribution in [2.75, 3.05) is 19.6 Å². The number of benzene rings is 1. The Labute approximate surface area is 135 Å². The number of nitrogens with zero attached hydrogens (tertiary/aromatic N) is 1. The maximum atomic E-state index is 12.0. The molecule has 22 heavy (non-hydrogen) atoms. The summed E-state index contributed by atoms with van der Waals surface area (Å²) in [4.78, 5) is 25.8. The summed E-state index contributed by atoms with van der Waals surface area (Å²) in [5, 5.41) is 3.41. The number of hydrogen-bond acceptors (Lipinski definition) is 3. The summed E-state index contributed by atoms with van der Waals surface area (Å²) in [5.74, 6) is 0.000651. The predicted octanol–water partition coefficient (Wildman–Crippen LogP) is 1.80. The third-order valence-electron chi connectivity index (χ3n) is 3.85. The maximum absolute atomic E-state index is 12.0. The summed E-state index contributed by atoms with van der Waals surface area (Å²) >= 11 is 5.78. The Kier molecular flexibility index (Phi) is 6.21. The Morgan fingerprint density at radius 3 is 2.50 bits per heavy atom. The zero-order chi connectivity index (χ0) is 15.9. The van der Waals surface area contributed by atoms with Crippen LogP contribution >= 0.6 is 11.6 Å². The lowest BCUT2D eigenvalue weighted by atomic mass is 10.1. The van der Waals surface area contributed by atoms with Crippen LogP contribution in [0.5, 0.6) is 0 Å². The van der Waals surface area contributed by atoms with Gasteiger partial charge in [0, 0.05) is 42.7 Å². The normalized spacial score (nSPS) is 15.6. The van der Waals surface area contributed by atoms with E-state index >= 15 is 0 Å². The minimum Gasteiger partial charge on any atom is -0.352 e. The van der Waals surface area contributed by atoms with Crippen LogP contribution in [0.1, 0.15) is 36.0 Å². The van der Waals surface area contributed by atoms with E-state index in [4.69, 9.17) is 17.3 Å². The third-order valence-corrected chi connectivity index (χ3v) is 4.10. The molecule has 2 rings (SSSR count). The number of nitrogens with two attached hydrogens (primary N) is 1. The minimum absolute atomic E-state index is 0.145. The van der Waals surface area contributed by atoms with Gasteiger partial charge in [-0.25, -0.2) is 0 Å². The molecule has 1 heterocycles. The molecule has 3 N–H and O–H groups in total. The van der Waals surface area contributed by atoms with Crippen molar-refractivity contribution in [2.24, 2.45) is 5.73 Å². The van der Waals surface area contributed by atoms with Crippen LogP contribution in [-0.4, -0.2) is 42.4 Å². The largest absolute Gasteiger partial charge is 0.352 e. The quantitative estimate of drug-likeness (QED) is 0.811. The van der Waals surface area contributed by atoms with Crippen molar-refractivity contribution < 1.29 is 9.59 Å². The van der Waals surface area contributed by atoms with Crippen LogP contribution in [0.25, 0.3) is 0 Å².